The van der Waals surface area contributed by atoms with Gasteiger partial charge < -0.3 is 5.32 Å². The summed E-state index contributed by atoms with van der Waals surface area (Å²) in [6, 6.07) is 11.0. The number of nitriles is 1. The molecule has 0 amide bonds. The smallest absolute Gasteiger partial charge is 0.145 e. The predicted molar refractivity (Wildman–Crippen MR) is 75.4 cm³/mol. The number of aryl methyl sites for hydroxylation is 1. The van der Waals surface area contributed by atoms with E-state index in [1.165, 1.54) is 15.8 Å². The highest BCUT2D eigenvalue weighted by Crippen LogP contribution is 2.17. The Morgan fingerprint density at radius 2 is 2.00 bits per heavy atom. The Kier molecular flexibility index (Phi) is 4.67. The molecule has 0 unspecified atom stereocenters. The lowest BCUT2D eigenvalue weighted by Crippen LogP contribution is -2.13. The summed E-state index contributed by atoms with van der Waals surface area (Å²) in [5, 5.41) is 12.0. The molecule has 0 atom stereocenters. The number of rotatable bonds is 5. The van der Waals surface area contributed by atoms with Gasteiger partial charge in [-0.3, -0.25) is 0 Å². The zero-order chi connectivity index (χ0) is 13.7. The third kappa shape index (κ3) is 3.40. The minimum Gasteiger partial charge on any atom is -0.308 e. The molecule has 0 aliphatic rings. The van der Waals surface area contributed by atoms with Gasteiger partial charge in [-0.25, -0.2) is 4.39 Å². The van der Waals surface area contributed by atoms with Crippen LogP contribution in [0.15, 0.2) is 30.3 Å². The molecule has 0 fully saturated rings. The molecule has 19 heavy (non-hydrogen) atoms. The summed E-state index contributed by atoms with van der Waals surface area (Å²) >= 11 is 1.77. The second-order valence-corrected chi connectivity index (χ2v) is 5.47. The first-order valence-corrected chi connectivity index (χ1v) is 7.02. The number of thiophene rings is 1. The number of nitrogens with one attached hydrogen (secondary N) is 1. The van der Waals surface area contributed by atoms with Crippen molar-refractivity contribution in [1.29, 1.82) is 5.26 Å². The Morgan fingerprint density at radius 3 is 2.68 bits per heavy atom. The first kappa shape index (κ1) is 13.7. The molecule has 4 heteroatoms. The minimum atomic E-state index is -0.419. The van der Waals surface area contributed by atoms with E-state index in [0.717, 1.165) is 13.0 Å². The van der Waals surface area contributed by atoms with E-state index in [2.05, 4.69) is 24.4 Å². The van der Waals surface area contributed by atoms with Crippen molar-refractivity contribution < 1.29 is 4.39 Å². The third-order valence-electron chi connectivity index (χ3n) is 2.88. The molecule has 0 saturated heterocycles. The average Bonchev–Trinajstić information content (AvgIpc) is 2.89. The van der Waals surface area contributed by atoms with Crippen molar-refractivity contribution in [2.45, 2.75) is 26.4 Å². The van der Waals surface area contributed by atoms with Gasteiger partial charge in [0.15, 0.2) is 0 Å². The first-order chi connectivity index (χ1) is 9.24. The van der Waals surface area contributed by atoms with Gasteiger partial charge in [0.2, 0.25) is 0 Å². The highest BCUT2D eigenvalue weighted by Gasteiger charge is 2.07. The fourth-order valence-corrected chi connectivity index (χ4v) is 2.76. The number of benzene rings is 1. The van der Waals surface area contributed by atoms with Gasteiger partial charge in [0, 0.05) is 28.4 Å². The molecule has 1 N–H and O–H groups in total. The molecular formula is C15H15FN2S. The zero-order valence-corrected chi connectivity index (χ0v) is 11.6. The topological polar surface area (TPSA) is 35.8 Å². The van der Waals surface area contributed by atoms with Gasteiger partial charge >= 0.3 is 0 Å². The molecular weight excluding hydrogens is 259 g/mol. The van der Waals surface area contributed by atoms with E-state index < -0.39 is 5.82 Å². The zero-order valence-electron chi connectivity index (χ0n) is 10.7. The molecule has 0 aliphatic carbocycles. The van der Waals surface area contributed by atoms with Crippen molar-refractivity contribution in [3.05, 3.63) is 57.0 Å². The van der Waals surface area contributed by atoms with Crippen LogP contribution in [-0.4, -0.2) is 0 Å². The maximum Gasteiger partial charge on any atom is 0.145 e. The maximum atomic E-state index is 13.8. The highest BCUT2D eigenvalue weighted by atomic mass is 32.1. The van der Waals surface area contributed by atoms with Crippen molar-refractivity contribution >= 4 is 11.3 Å². The molecule has 0 radical (unpaired) electrons. The Bertz CT molecular complexity index is 598. The van der Waals surface area contributed by atoms with Crippen LogP contribution in [0.1, 0.15) is 27.8 Å². The predicted octanol–water partition coefficient (Wildman–Crippen LogP) is 3.61. The summed E-state index contributed by atoms with van der Waals surface area (Å²) in [5.74, 6) is -0.419. The molecule has 2 aromatic rings. The van der Waals surface area contributed by atoms with Crippen LogP contribution >= 0.6 is 11.3 Å². The van der Waals surface area contributed by atoms with Crippen molar-refractivity contribution in [3.63, 3.8) is 0 Å². The third-order valence-corrected chi connectivity index (χ3v) is 4.11. The summed E-state index contributed by atoms with van der Waals surface area (Å²) in [6.07, 6.45) is 1.05. The van der Waals surface area contributed by atoms with Crippen LogP contribution < -0.4 is 5.32 Å². The minimum absolute atomic E-state index is 0.101. The van der Waals surface area contributed by atoms with Crippen LogP contribution in [0.3, 0.4) is 0 Å². The van der Waals surface area contributed by atoms with Gasteiger partial charge in [-0.2, -0.15) is 5.26 Å². The molecule has 1 heterocycles. The monoisotopic (exact) mass is 274 g/mol. The second-order valence-electron chi connectivity index (χ2n) is 4.22. The lowest BCUT2D eigenvalue weighted by atomic mass is 10.1. The molecule has 1 aromatic carbocycles. The number of halogens is 1. The van der Waals surface area contributed by atoms with Gasteiger partial charge in [-0.1, -0.05) is 19.1 Å². The van der Waals surface area contributed by atoms with E-state index in [-0.39, 0.29) is 5.56 Å². The van der Waals surface area contributed by atoms with E-state index in [4.69, 9.17) is 5.26 Å². The fraction of sp³-hybridized carbons (Fsp3) is 0.267. The normalized spacial score (nSPS) is 10.4. The first-order valence-electron chi connectivity index (χ1n) is 6.20. The van der Waals surface area contributed by atoms with Crippen LogP contribution in [0.2, 0.25) is 0 Å². The molecule has 98 valence electrons. The van der Waals surface area contributed by atoms with E-state index in [1.54, 1.807) is 23.5 Å². The summed E-state index contributed by atoms with van der Waals surface area (Å²) in [6.45, 7) is 3.29. The molecule has 1 aromatic heterocycles. The summed E-state index contributed by atoms with van der Waals surface area (Å²) < 4.78 is 13.8. The van der Waals surface area contributed by atoms with Crippen molar-refractivity contribution in [2.24, 2.45) is 0 Å². The van der Waals surface area contributed by atoms with E-state index in [0.29, 0.717) is 12.1 Å². The van der Waals surface area contributed by atoms with Crippen molar-refractivity contribution in [1.82, 2.24) is 5.32 Å². The van der Waals surface area contributed by atoms with Crippen LogP contribution in [-0.2, 0) is 19.5 Å². The fourth-order valence-electron chi connectivity index (χ4n) is 1.83. The average molecular weight is 274 g/mol. The number of hydrogen-bond donors (Lipinski definition) is 1. The second kappa shape index (κ2) is 6.46. The molecule has 0 spiro atoms. The maximum absolute atomic E-state index is 13.8. The Balaban J connectivity index is 1.94. The van der Waals surface area contributed by atoms with Crippen molar-refractivity contribution in [2.75, 3.05) is 0 Å². The highest BCUT2D eigenvalue weighted by molar-refractivity contribution is 7.11. The molecule has 2 nitrogen and oxygen atoms in total. The Morgan fingerprint density at radius 1 is 1.21 bits per heavy atom. The quantitative estimate of drug-likeness (QED) is 0.904. The van der Waals surface area contributed by atoms with E-state index in [9.17, 15) is 4.39 Å². The summed E-state index contributed by atoms with van der Waals surface area (Å²) in [4.78, 5) is 2.60. The standard InChI is InChI=1S/C15H15FN2S/c1-2-13-6-7-14(19-13)10-18-9-12-5-3-4-11(8-17)15(12)16/h3-7,18H,2,9-10H2,1H3. The lowest BCUT2D eigenvalue weighted by Gasteiger charge is -2.05. The molecule has 0 aliphatic heterocycles. The van der Waals surface area contributed by atoms with Crippen LogP contribution in [0, 0.1) is 17.1 Å². The Hall–Kier alpha value is -1.70. The van der Waals surface area contributed by atoms with Crippen LogP contribution in [0.4, 0.5) is 4.39 Å². The van der Waals surface area contributed by atoms with E-state index in [1.807, 2.05) is 6.07 Å². The SMILES string of the molecule is CCc1ccc(CNCc2cccc(C#N)c2F)s1. The number of nitrogens with zero attached hydrogens (tertiary/aromatic N) is 1. The molecule has 0 bridgehead atoms. The summed E-state index contributed by atoms with van der Waals surface area (Å²) in [5.41, 5.74) is 0.634. The van der Waals surface area contributed by atoms with E-state index >= 15 is 0 Å². The van der Waals surface area contributed by atoms with Gasteiger partial charge in [0.05, 0.1) is 5.56 Å². The van der Waals surface area contributed by atoms with Crippen molar-refractivity contribution in [3.8, 4) is 6.07 Å². The largest absolute Gasteiger partial charge is 0.308 e. The van der Waals surface area contributed by atoms with Gasteiger partial charge in [-0.05, 0) is 24.6 Å². The van der Waals surface area contributed by atoms with Gasteiger partial charge in [-0.15, -0.1) is 11.3 Å². The van der Waals surface area contributed by atoms with Gasteiger partial charge in [0.25, 0.3) is 0 Å². The van der Waals surface area contributed by atoms with Crippen LogP contribution in [0.5, 0.6) is 0 Å². The van der Waals surface area contributed by atoms with Crippen LogP contribution in [0.25, 0.3) is 0 Å². The molecule has 0 saturated carbocycles. The summed E-state index contributed by atoms with van der Waals surface area (Å²) in [7, 11) is 0. The van der Waals surface area contributed by atoms with Gasteiger partial charge in [0.1, 0.15) is 11.9 Å². The Labute approximate surface area is 116 Å². The number of hydrogen-bond acceptors (Lipinski definition) is 3. The lowest BCUT2D eigenvalue weighted by molar-refractivity contribution is 0.586. The molecule has 2 rings (SSSR count).